The van der Waals surface area contributed by atoms with Crippen molar-refractivity contribution in [2.24, 2.45) is 0 Å². The second kappa shape index (κ2) is 9.36. The topological polar surface area (TPSA) is 140 Å². The van der Waals surface area contributed by atoms with Crippen molar-refractivity contribution in [3.05, 3.63) is 69.3 Å². The van der Waals surface area contributed by atoms with Gasteiger partial charge in [0.05, 0.1) is 22.3 Å². The van der Waals surface area contributed by atoms with E-state index in [1.165, 1.54) is 6.42 Å². The molecule has 2 aliphatic rings. The average molecular weight is 553 g/mol. The highest BCUT2D eigenvalue weighted by atomic mass is 16.2. The van der Waals surface area contributed by atoms with Crippen LogP contribution in [-0.4, -0.2) is 23.6 Å². The second-order valence-corrected chi connectivity index (χ2v) is 11.1. The summed E-state index contributed by atoms with van der Waals surface area (Å²) in [5.74, 6) is -2.22. The summed E-state index contributed by atoms with van der Waals surface area (Å²) in [4.78, 5) is 52.4. The van der Waals surface area contributed by atoms with Crippen molar-refractivity contribution in [2.75, 3.05) is 0 Å². The van der Waals surface area contributed by atoms with Crippen LogP contribution in [0.4, 0.5) is 0 Å². The number of rotatable bonds is 7. The van der Waals surface area contributed by atoms with E-state index in [1.54, 1.807) is 18.2 Å². The summed E-state index contributed by atoms with van der Waals surface area (Å²) in [5.41, 5.74) is 1.79. The van der Waals surface area contributed by atoms with Gasteiger partial charge >= 0.3 is 0 Å². The molecule has 2 heterocycles. The predicted octanol–water partition coefficient (Wildman–Crippen LogP) is 6.15. The SMILES string of the molecule is CCCCCCCCc1cc2c3ccc4c5c(ccc(c6c(C#N)c(C#N)c7c(c1C(=O)NC7=O)c26)c53)C(=O)NC4=O. The number of nitrogens with one attached hydrogen (secondary N) is 2. The highest BCUT2D eigenvalue weighted by Crippen LogP contribution is 2.48. The summed E-state index contributed by atoms with van der Waals surface area (Å²) >= 11 is 0. The normalized spacial score (nSPS) is 14.1. The number of nitrogens with zero attached hydrogens (tertiary/aromatic N) is 2. The molecular weight excluding hydrogens is 528 g/mol. The molecule has 0 aliphatic carbocycles. The van der Waals surface area contributed by atoms with E-state index in [0.717, 1.165) is 43.1 Å². The first kappa shape index (κ1) is 25.6. The molecule has 0 aromatic heterocycles. The van der Waals surface area contributed by atoms with E-state index in [-0.39, 0.29) is 16.7 Å². The number of hydrogen-bond donors (Lipinski definition) is 2. The van der Waals surface area contributed by atoms with E-state index in [4.69, 9.17) is 0 Å². The third-order valence-corrected chi connectivity index (χ3v) is 8.80. The molecule has 7 rings (SSSR count). The molecule has 2 aliphatic heterocycles. The van der Waals surface area contributed by atoms with E-state index < -0.39 is 23.6 Å². The maximum Gasteiger partial charge on any atom is 0.260 e. The van der Waals surface area contributed by atoms with Gasteiger partial charge in [0, 0.05) is 32.7 Å². The van der Waals surface area contributed by atoms with Crippen LogP contribution in [0.3, 0.4) is 0 Å². The summed E-state index contributed by atoms with van der Waals surface area (Å²) in [5, 5.41) is 30.0. The van der Waals surface area contributed by atoms with Crippen LogP contribution in [0.25, 0.3) is 43.1 Å². The molecule has 0 saturated carbocycles. The molecule has 2 N–H and O–H groups in total. The molecule has 4 amide bonds. The fourth-order valence-electron chi connectivity index (χ4n) is 7.01. The number of nitriles is 2. The lowest BCUT2D eigenvalue weighted by atomic mass is 9.78. The number of benzene rings is 5. The number of hydrogen-bond acceptors (Lipinski definition) is 6. The van der Waals surface area contributed by atoms with Gasteiger partial charge in [0.15, 0.2) is 0 Å². The summed E-state index contributed by atoms with van der Waals surface area (Å²) in [6.07, 6.45) is 6.98. The number of imide groups is 2. The van der Waals surface area contributed by atoms with Crippen LogP contribution in [0.5, 0.6) is 0 Å². The summed E-state index contributed by atoms with van der Waals surface area (Å²) in [6, 6.07) is 13.0. The van der Waals surface area contributed by atoms with Crippen molar-refractivity contribution in [3.8, 4) is 12.1 Å². The Morgan fingerprint density at radius 1 is 0.595 bits per heavy atom. The molecule has 0 atom stereocenters. The molecule has 0 saturated heterocycles. The van der Waals surface area contributed by atoms with Crippen LogP contribution in [0.15, 0.2) is 30.3 Å². The van der Waals surface area contributed by atoms with Crippen molar-refractivity contribution in [1.29, 1.82) is 10.5 Å². The first-order chi connectivity index (χ1) is 20.4. The monoisotopic (exact) mass is 552 g/mol. The fourth-order valence-corrected chi connectivity index (χ4v) is 7.01. The number of fused-ring (bicyclic) bond motifs is 2. The van der Waals surface area contributed by atoms with Crippen LogP contribution >= 0.6 is 0 Å². The molecule has 0 unspecified atom stereocenters. The molecule has 0 spiro atoms. The first-order valence-corrected chi connectivity index (χ1v) is 14.2. The zero-order valence-corrected chi connectivity index (χ0v) is 22.9. The number of aryl methyl sites for hydroxylation is 1. The van der Waals surface area contributed by atoms with E-state index in [2.05, 4.69) is 29.7 Å². The third-order valence-electron chi connectivity index (χ3n) is 8.80. The van der Waals surface area contributed by atoms with Gasteiger partial charge in [-0.25, -0.2) is 0 Å². The molecule has 5 aromatic rings. The van der Waals surface area contributed by atoms with Crippen molar-refractivity contribution in [2.45, 2.75) is 51.9 Å². The Balaban J connectivity index is 1.66. The fraction of sp³-hybridized carbons (Fsp3) is 0.235. The minimum Gasteiger partial charge on any atom is -0.288 e. The summed E-state index contributed by atoms with van der Waals surface area (Å²) in [7, 11) is 0. The van der Waals surface area contributed by atoms with E-state index in [0.29, 0.717) is 60.8 Å². The van der Waals surface area contributed by atoms with E-state index in [1.807, 2.05) is 12.1 Å². The molecule has 42 heavy (non-hydrogen) atoms. The zero-order valence-electron chi connectivity index (χ0n) is 22.9. The number of carbonyl (C=O) groups excluding carboxylic acids is 4. The molecular formula is C34H24N4O4. The smallest absolute Gasteiger partial charge is 0.260 e. The van der Waals surface area contributed by atoms with Gasteiger partial charge in [-0.2, -0.15) is 10.5 Å². The maximum absolute atomic E-state index is 13.4. The van der Waals surface area contributed by atoms with Crippen molar-refractivity contribution in [1.82, 2.24) is 10.6 Å². The van der Waals surface area contributed by atoms with E-state index >= 15 is 0 Å². The lowest BCUT2D eigenvalue weighted by Gasteiger charge is -2.26. The Morgan fingerprint density at radius 2 is 1.21 bits per heavy atom. The number of unbranched alkanes of at least 4 members (excludes halogenated alkanes) is 5. The average Bonchev–Trinajstić information content (AvgIpc) is 2.98. The summed E-state index contributed by atoms with van der Waals surface area (Å²) < 4.78 is 0. The molecule has 0 fully saturated rings. The Morgan fingerprint density at radius 3 is 1.90 bits per heavy atom. The van der Waals surface area contributed by atoms with Crippen LogP contribution < -0.4 is 10.6 Å². The maximum atomic E-state index is 13.4. The van der Waals surface area contributed by atoms with Crippen molar-refractivity contribution in [3.63, 3.8) is 0 Å². The Bertz CT molecular complexity index is 2160. The lowest BCUT2D eigenvalue weighted by molar-refractivity contribution is 0.0828. The second-order valence-electron chi connectivity index (χ2n) is 11.1. The molecule has 8 heteroatoms. The summed E-state index contributed by atoms with van der Waals surface area (Å²) in [6.45, 7) is 2.17. The van der Waals surface area contributed by atoms with Crippen LogP contribution in [-0.2, 0) is 6.42 Å². The third kappa shape index (κ3) is 3.33. The molecule has 5 aromatic carbocycles. The van der Waals surface area contributed by atoms with Crippen LogP contribution in [0, 0.1) is 22.7 Å². The van der Waals surface area contributed by atoms with Crippen molar-refractivity contribution >= 4 is 66.7 Å². The highest BCUT2D eigenvalue weighted by Gasteiger charge is 2.36. The molecule has 8 nitrogen and oxygen atoms in total. The predicted molar refractivity (Wildman–Crippen MR) is 158 cm³/mol. The van der Waals surface area contributed by atoms with Gasteiger partial charge in [-0.15, -0.1) is 0 Å². The minimum absolute atomic E-state index is 0.0262. The van der Waals surface area contributed by atoms with Crippen LogP contribution in [0.1, 0.15) is 104 Å². The molecule has 204 valence electrons. The number of carbonyl (C=O) groups is 4. The van der Waals surface area contributed by atoms with Crippen LogP contribution in [0.2, 0.25) is 0 Å². The quantitative estimate of drug-likeness (QED) is 0.107. The van der Waals surface area contributed by atoms with Gasteiger partial charge in [0.2, 0.25) is 0 Å². The minimum atomic E-state index is -0.701. The molecule has 0 radical (unpaired) electrons. The lowest BCUT2D eigenvalue weighted by Crippen LogP contribution is -2.36. The standard InChI is InChI=1S/C34H24N4O4/c1-2-3-4-5-6-7-8-16-13-21-17-9-11-19-27-20(32(40)37-31(19)39)12-10-18(25(17)27)26-22(14-35)23(15-36)29-30(28(21)26)24(16)33(41)38-34(29)42/h9-13H,2-8H2,1H3,(H,37,39,40)(H,38,41,42). The Kier molecular flexibility index (Phi) is 5.71. The number of amides is 4. The Hall–Kier alpha value is -5.34. The first-order valence-electron chi connectivity index (χ1n) is 14.2. The van der Waals surface area contributed by atoms with E-state index in [9.17, 15) is 29.7 Å². The molecule has 0 bridgehead atoms. The van der Waals surface area contributed by atoms with Crippen molar-refractivity contribution < 1.29 is 19.2 Å². The zero-order chi connectivity index (χ0) is 29.3. The van der Waals surface area contributed by atoms with Gasteiger partial charge in [0.25, 0.3) is 23.6 Å². The van der Waals surface area contributed by atoms with Gasteiger partial charge < -0.3 is 0 Å². The van der Waals surface area contributed by atoms with Gasteiger partial charge in [-0.05, 0) is 58.1 Å². The largest absolute Gasteiger partial charge is 0.288 e. The van der Waals surface area contributed by atoms with Gasteiger partial charge in [0.1, 0.15) is 12.1 Å². The van der Waals surface area contributed by atoms with Gasteiger partial charge in [-0.1, -0.05) is 51.2 Å². The highest BCUT2D eigenvalue weighted by molar-refractivity contribution is 6.42. The Labute approximate surface area is 240 Å². The van der Waals surface area contributed by atoms with Gasteiger partial charge in [-0.3, -0.25) is 29.8 Å².